The van der Waals surface area contributed by atoms with Crippen LogP contribution in [0.3, 0.4) is 0 Å². The van der Waals surface area contributed by atoms with Gasteiger partial charge >= 0.3 is 0 Å². The second-order valence-electron chi connectivity index (χ2n) is 7.21. The summed E-state index contributed by atoms with van der Waals surface area (Å²) in [4.78, 5) is 4.80. The van der Waals surface area contributed by atoms with E-state index in [-0.39, 0.29) is 0 Å². The molecule has 4 heteroatoms. The summed E-state index contributed by atoms with van der Waals surface area (Å²) in [5.41, 5.74) is 8.20. The van der Waals surface area contributed by atoms with Crippen LogP contribution in [0.2, 0.25) is 0 Å². The zero-order valence-corrected chi connectivity index (χ0v) is 17.0. The lowest BCUT2D eigenvalue weighted by Gasteiger charge is -2.30. The third-order valence-corrected chi connectivity index (χ3v) is 4.95. The van der Waals surface area contributed by atoms with Gasteiger partial charge in [-0.1, -0.05) is 50.9 Å². The number of nitrogens with zero attached hydrogens (tertiary/aromatic N) is 3. The number of rotatable bonds is 7. The first-order valence-corrected chi connectivity index (χ1v) is 9.59. The zero-order valence-electron chi connectivity index (χ0n) is 17.0. The standard InChI is InChI=1S/C24H28N4/c1-7-17(4)21-10-8-20(9-11-21)15-25-19(6)22-14-23(16(2)3)28-24(27-22)18(5)12-13-26-28/h8-11,13-14,25H,2,4,6-7,12,15H2,1,3,5H3. The van der Waals surface area contributed by atoms with Gasteiger partial charge in [0.15, 0.2) is 5.82 Å². The fourth-order valence-electron chi connectivity index (χ4n) is 3.06. The van der Waals surface area contributed by atoms with Gasteiger partial charge in [0.25, 0.3) is 0 Å². The van der Waals surface area contributed by atoms with E-state index in [4.69, 9.17) is 4.99 Å². The van der Waals surface area contributed by atoms with E-state index in [2.05, 4.69) is 68.3 Å². The topological polar surface area (TPSA) is 40.0 Å². The van der Waals surface area contributed by atoms with Crippen LogP contribution in [-0.4, -0.2) is 16.9 Å². The maximum atomic E-state index is 4.80. The molecule has 0 saturated carbocycles. The Morgan fingerprint density at radius 3 is 2.54 bits per heavy atom. The average Bonchev–Trinajstić information content (AvgIpc) is 2.71. The highest BCUT2D eigenvalue weighted by atomic mass is 15.5. The predicted molar refractivity (Wildman–Crippen MR) is 120 cm³/mol. The van der Waals surface area contributed by atoms with Gasteiger partial charge in [0.1, 0.15) is 0 Å². The van der Waals surface area contributed by atoms with Crippen LogP contribution >= 0.6 is 0 Å². The van der Waals surface area contributed by atoms with Gasteiger partial charge in [-0.25, -0.2) is 10.0 Å². The Morgan fingerprint density at radius 1 is 1.18 bits per heavy atom. The summed E-state index contributed by atoms with van der Waals surface area (Å²) in [6.07, 6.45) is 5.66. The molecule has 2 aliphatic rings. The maximum Gasteiger partial charge on any atom is 0.154 e. The van der Waals surface area contributed by atoms with Crippen LogP contribution in [-0.2, 0) is 6.54 Å². The summed E-state index contributed by atoms with van der Waals surface area (Å²) in [7, 11) is 0. The van der Waals surface area contributed by atoms with E-state index >= 15 is 0 Å². The van der Waals surface area contributed by atoms with Crippen LogP contribution < -0.4 is 5.32 Å². The number of allylic oxidation sites excluding steroid dienone is 4. The molecule has 0 fully saturated rings. The van der Waals surface area contributed by atoms with Gasteiger partial charge < -0.3 is 5.32 Å². The zero-order chi connectivity index (χ0) is 20.3. The van der Waals surface area contributed by atoms with Crippen LogP contribution in [0.5, 0.6) is 0 Å². The average molecular weight is 373 g/mol. The van der Waals surface area contributed by atoms with Crippen molar-refractivity contribution < 1.29 is 0 Å². The lowest BCUT2D eigenvalue weighted by molar-refractivity contribution is 0.441. The number of hydrazone groups is 1. The van der Waals surface area contributed by atoms with Crippen LogP contribution in [0.1, 0.15) is 44.7 Å². The van der Waals surface area contributed by atoms with E-state index in [1.807, 2.05) is 24.2 Å². The van der Waals surface area contributed by atoms with Crippen LogP contribution in [0.4, 0.5) is 0 Å². The lowest BCUT2D eigenvalue weighted by atomic mass is 10.0. The Labute approximate surface area is 168 Å². The summed E-state index contributed by atoms with van der Waals surface area (Å²) in [5.74, 6) is 0.864. The van der Waals surface area contributed by atoms with E-state index in [1.54, 1.807) is 0 Å². The molecule has 0 amide bonds. The van der Waals surface area contributed by atoms with Gasteiger partial charge in [-0.05, 0) is 54.2 Å². The summed E-state index contributed by atoms with van der Waals surface area (Å²) in [6, 6.07) is 8.49. The summed E-state index contributed by atoms with van der Waals surface area (Å²) in [5, 5.41) is 9.74. The Bertz CT molecular complexity index is 939. The fourth-order valence-corrected chi connectivity index (χ4v) is 3.06. The number of benzene rings is 1. The molecule has 28 heavy (non-hydrogen) atoms. The molecular formula is C24H28N4. The molecule has 1 aromatic carbocycles. The molecule has 4 nitrogen and oxygen atoms in total. The van der Waals surface area contributed by atoms with Crippen molar-refractivity contribution in [3.63, 3.8) is 0 Å². The minimum absolute atomic E-state index is 0.687. The molecule has 3 rings (SSSR count). The molecular weight excluding hydrogens is 344 g/mol. The molecule has 1 aromatic rings. The number of fused-ring (bicyclic) bond motifs is 1. The SMILES string of the molecule is C=C(C)C1=CC(C(=C)NCc2ccc(C(=C)CC)cc2)=NC2=C(C)CC=NN12. The smallest absolute Gasteiger partial charge is 0.154 e. The summed E-state index contributed by atoms with van der Waals surface area (Å²) < 4.78 is 0. The molecule has 0 saturated heterocycles. The van der Waals surface area contributed by atoms with Gasteiger partial charge in [-0.3, -0.25) is 0 Å². The highest BCUT2D eigenvalue weighted by Crippen LogP contribution is 2.30. The molecule has 0 radical (unpaired) electrons. The number of hydrogen-bond acceptors (Lipinski definition) is 4. The molecule has 2 heterocycles. The maximum absolute atomic E-state index is 4.80. The largest absolute Gasteiger partial charge is 0.380 e. The first-order valence-electron chi connectivity index (χ1n) is 9.59. The molecule has 0 aromatic heterocycles. The number of nitrogens with one attached hydrogen (secondary N) is 1. The Kier molecular flexibility index (Phi) is 5.78. The fraction of sp³-hybridized carbons (Fsp3) is 0.250. The van der Waals surface area contributed by atoms with Crippen LogP contribution in [0.25, 0.3) is 5.57 Å². The van der Waals surface area contributed by atoms with Crippen molar-refractivity contribution in [3.05, 3.63) is 89.6 Å². The molecule has 0 atom stereocenters. The van der Waals surface area contributed by atoms with Gasteiger partial charge in [0.05, 0.1) is 17.1 Å². The third-order valence-electron chi connectivity index (χ3n) is 4.95. The molecule has 0 bridgehead atoms. The summed E-state index contributed by atoms with van der Waals surface area (Å²) >= 11 is 0. The van der Waals surface area contributed by atoms with Crippen molar-refractivity contribution >= 4 is 17.5 Å². The molecule has 0 spiro atoms. The van der Waals surface area contributed by atoms with Crippen LogP contribution in [0.15, 0.2) is 88.5 Å². The Hall–Kier alpha value is -3.14. The highest BCUT2D eigenvalue weighted by Gasteiger charge is 2.24. The van der Waals surface area contributed by atoms with Gasteiger partial charge in [0, 0.05) is 19.2 Å². The van der Waals surface area contributed by atoms with Gasteiger partial charge in [-0.2, -0.15) is 5.10 Å². The minimum atomic E-state index is 0.687. The number of hydrogen-bond donors (Lipinski definition) is 1. The quantitative estimate of drug-likeness (QED) is 0.681. The number of aliphatic imine (C=N–C) groups is 1. The van der Waals surface area contributed by atoms with E-state index in [0.29, 0.717) is 6.54 Å². The Balaban J connectivity index is 1.75. The van der Waals surface area contributed by atoms with E-state index in [0.717, 1.165) is 46.9 Å². The van der Waals surface area contributed by atoms with Crippen molar-refractivity contribution in [2.24, 2.45) is 10.1 Å². The first-order chi connectivity index (χ1) is 13.4. The second-order valence-corrected chi connectivity index (χ2v) is 7.21. The first kappa shape index (κ1) is 19.6. The molecule has 144 valence electrons. The molecule has 0 aliphatic carbocycles. The van der Waals surface area contributed by atoms with E-state index in [1.165, 1.54) is 16.7 Å². The van der Waals surface area contributed by atoms with Crippen molar-refractivity contribution in [2.75, 3.05) is 0 Å². The third kappa shape index (κ3) is 4.06. The monoisotopic (exact) mass is 372 g/mol. The second kappa shape index (κ2) is 8.26. The minimum Gasteiger partial charge on any atom is -0.380 e. The van der Waals surface area contributed by atoms with Crippen molar-refractivity contribution in [1.29, 1.82) is 0 Å². The highest BCUT2D eigenvalue weighted by molar-refractivity contribution is 6.09. The van der Waals surface area contributed by atoms with Gasteiger partial charge in [-0.15, -0.1) is 0 Å². The van der Waals surface area contributed by atoms with Crippen LogP contribution in [0, 0.1) is 0 Å². The molecule has 1 N–H and O–H groups in total. The lowest BCUT2D eigenvalue weighted by Crippen LogP contribution is -2.28. The normalized spacial score (nSPS) is 15.6. The van der Waals surface area contributed by atoms with E-state index < -0.39 is 0 Å². The Morgan fingerprint density at radius 2 is 1.89 bits per heavy atom. The van der Waals surface area contributed by atoms with Crippen molar-refractivity contribution in [2.45, 2.75) is 40.2 Å². The van der Waals surface area contributed by atoms with Crippen molar-refractivity contribution in [3.8, 4) is 0 Å². The van der Waals surface area contributed by atoms with Gasteiger partial charge in [0.2, 0.25) is 0 Å². The molecule has 0 unspecified atom stereocenters. The van der Waals surface area contributed by atoms with E-state index in [9.17, 15) is 0 Å². The van der Waals surface area contributed by atoms with Crippen molar-refractivity contribution in [1.82, 2.24) is 10.3 Å². The predicted octanol–water partition coefficient (Wildman–Crippen LogP) is 5.55. The molecule has 2 aliphatic heterocycles. The summed E-state index contributed by atoms with van der Waals surface area (Å²) in [6.45, 7) is 19.3.